The lowest BCUT2D eigenvalue weighted by molar-refractivity contribution is 0.474. The maximum absolute atomic E-state index is 13.5. The molecule has 0 aliphatic heterocycles. The Labute approximate surface area is 161 Å². The van der Waals surface area contributed by atoms with Gasteiger partial charge in [-0.2, -0.15) is 0 Å². The van der Waals surface area contributed by atoms with Gasteiger partial charge in [0.2, 0.25) is 5.43 Å². The van der Waals surface area contributed by atoms with Crippen LogP contribution in [0.3, 0.4) is 0 Å². The molecule has 1 aromatic heterocycles. The van der Waals surface area contributed by atoms with E-state index in [9.17, 15) is 9.90 Å². The van der Waals surface area contributed by atoms with Crippen LogP contribution in [0.2, 0.25) is 0 Å². The highest BCUT2D eigenvalue weighted by Crippen LogP contribution is 2.39. The molecule has 0 saturated heterocycles. The molecular weight excluding hydrogens is 348 g/mol. The molecule has 0 saturated carbocycles. The summed E-state index contributed by atoms with van der Waals surface area (Å²) in [4.78, 5) is 13.5. The SMILES string of the molecule is O=c1c(-c2cccc3ccccc23)c(-c2ccccc2O)oc2ccccc12. The van der Waals surface area contributed by atoms with Crippen LogP contribution in [-0.4, -0.2) is 5.11 Å². The van der Waals surface area contributed by atoms with Gasteiger partial charge < -0.3 is 9.52 Å². The summed E-state index contributed by atoms with van der Waals surface area (Å²) >= 11 is 0. The van der Waals surface area contributed by atoms with E-state index in [-0.39, 0.29) is 11.2 Å². The highest BCUT2D eigenvalue weighted by atomic mass is 16.3. The van der Waals surface area contributed by atoms with E-state index in [1.165, 1.54) is 0 Å². The third-order valence-electron chi connectivity index (χ3n) is 5.01. The van der Waals surface area contributed by atoms with Gasteiger partial charge in [-0.15, -0.1) is 0 Å². The predicted molar refractivity (Wildman–Crippen MR) is 113 cm³/mol. The Morgan fingerprint density at radius 3 is 2.14 bits per heavy atom. The lowest BCUT2D eigenvalue weighted by Crippen LogP contribution is -2.07. The van der Waals surface area contributed by atoms with Gasteiger partial charge in [0.1, 0.15) is 17.1 Å². The molecule has 3 nitrogen and oxygen atoms in total. The van der Waals surface area contributed by atoms with Crippen molar-refractivity contribution in [1.29, 1.82) is 0 Å². The minimum atomic E-state index is -0.114. The van der Waals surface area contributed by atoms with E-state index in [4.69, 9.17) is 4.42 Å². The molecule has 28 heavy (non-hydrogen) atoms. The highest BCUT2D eigenvalue weighted by Gasteiger charge is 2.21. The van der Waals surface area contributed by atoms with Gasteiger partial charge in [-0.05, 0) is 40.6 Å². The summed E-state index contributed by atoms with van der Waals surface area (Å²) in [7, 11) is 0. The summed E-state index contributed by atoms with van der Waals surface area (Å²) in [5, 5.41) is 13.0. The van der Waals surface area contributed by atoms with Crippen molar-refractivity contribution >= 4 is 21.7 Å². The van der Waals surface area contributed by atoms with Crippen LogP contribution in [0.5, 0.6) is 5.75 Å². The molecule has 1 N–H and O–H groups in total. The topological polar surface area (TPSA) is 50.4 Å². The van der Waals surface area contributed by atoms with Gasteiger partial charge in [-0.1, -0.05) is 66.7 Å². The van der Waals surface area contributed by atoms with Gasteiger partial charge in [-0.25, -0.2) is 0 Å². The first-order chi connectivity index (χ1) is 13.7. The Balaban J connectivity index is 1.98. The molecule has 4 aromatic carbocycles. The standard InChI is InChI=1S/C25H16O3/c26-21-14-5-3-11-19(21)25-23(24(27)20-12-4-6-15-22(20)28-25)18-13-7-9-16-8-1-2-10-17(16)18/h1-15,26H. The molecule has 1 heterocycles. The van der Waals surface area contributed by atoms with Crippen LogP contribution in [-0.2, 0) is 0 Å². The number of hydrogen-bond donors (Lipinski definition) is 1. The van der Waals surface area contributed by atoms with Gasteiger partial charge in [0.25, 0.3) is 0 Å². The van der Waals surface area contributed by atoms with Crippen molar-refractivity contribution < 1.29 is 9.52 Å². The van der Waals surface area contributed by atoms with Crippen LogP contribution in [0, 0.1) is 0 Å². The summed E-state index contributed by atoms with van der Waals surface area (Å²) < 4.78 is 6.18. The molecule has 0 unspecified atom stereocenters. The van der Waals surface area contributed by atoms with Gasteiger partial charge in [0.05, 0.1) is 16.5 Å². The largest absolute Gasteiger partial charge is 0.507 e. The average Bonchev–Trinajstić information content (AvgIpc) is 2.74. The van der Waals surface area contributed by atoms with E-state index in [1.54, 1.807) is 30.3 Å². The highest BCUT2D eigenvalue weighted by molar-refractivity contribution is 6.01. The summed E-state index contributed by atoms with van der Waals surface area (Å²) in [5.74, 6) is 0.445. The number of fused-ring (bicyclic) bond motifs is 2. The fourth-order valence-electron chi connectivity index (χ4n) is 3.69. The first-order valence-electron chi connectivity index (χ1n) is 9.06. The van der Waals surface area contributed by atoms with Crippen LogP contribution in [0.4, 0.5) is 0 Å². The normalized spacial score (nSPS) is 11.1. The first kappa shape index (κ1) is 16.3. The smallest absolute Gasteiger partial charge is 0.201 e. The molecule has 5 rings (SSSR count). The Morgan fingerprint density at radius 1 is 0.643 bits per heavy atom. The van der Waals surface area contributed by atoms with Gasteiger partial charge in [-0.3, -0.25) is 4.79 Å². The quantitative estimate of drug-likeness (QED) is 0.419. The second-order valence-corrected chi connectivity index (χ2v) is 6.68. The van der Waals surface area contributed by atoms with Crippen LogP contribution in [0.25, 0.3) is 44.2 Å². The molecule has 0 spiro atoms. The fourth-order valence-corrected chi connectivity index (χ4v) is 3.69. The van der Waals surface area contributed by atoms with Crippen LogP contribution in [0.1, 0.15) is 0 Å². The molecular formula is C25H16O3. The molecule has 0 aliphatic carbocycles. The summed E-state index contributed by atoms with van der Waals surface area (Å²) in [6.07, 6.45) is 0. The number of benzene rings is 4. The molecule has 134 valence electrons. The predicted octanol–water partition coefficient (Wildman–Crippen LogP) is 5.99. The monoisotopic (exact) mass is 364 g/mol. The number of phenols is 1. The molecule has 3 heteroatoms. The van der Waals surface area contributed by atoms with Crippen molar-refractivity contribution in [3.8, 4) is 28.2 Å². The molecule has 0 fully saturated rings. The molecule has 0 radical (unpaired) electrons. The maximum atomic E-state index is 13.5. The Bertz CT molecular complexity index is 1390. The van der Waals surface area contributed by atoms with Crippen molar-refractivity contribution in [3.63, 3.8) is 0 Å². The maximum Gasteiger partial charge on any atom is 0.201 e. The zero-order chi connectivity index (χ0) is 19.1. The lowest BCUT2D eigenvalue weighted by atomic mass is 9.94. The Morgan fingerprint density at radius 2 is 1.29 bits per heavy atom. The summed E-state index contributed by atoms with van der Waals surface area (Å²) in [5.41, 5.74) is 2.12. The molecule has 0 aliphatic rings. The summed E-state index contributed by atoms with van der Waals surface area (Å²) in [6, 6.07) is 27.9. The molecule has 0 bridgehead atoms. The zero-order valence-electron chi connectivity index (χ0n) is 14.9. The second kappa shape index (κ2) is 6.39. The van der Waals surface area contributed by atoms with Gasteiger partial charge >= 0.3 is 0 Å². The van der Waals surface area contributed by atoms with E-state index in [1.807, 2.05) is 60.7 Å². The molecule has 0 atom stereocenters. The number of aromatic hydroxyl groups is 1. The van der Waals surface area contributed by atoms with Crippen molar-refractivity contribution in [2.45, 2.75) is 0 Å². The summed E-state index contributed by atoms with van der Waals surface area (Å²) in [6.45, 7) is 0. The van der Waals surface area contributed by atoms with Crippen molar-refractivity contribution in [1.82, 2.24) is 0 Å². The minimum absolute atomic E-state index is 0.0717. The Hall–Kier alpha value is -3.85. The van der Waals surface area contributed by atoms with E-state index < -0.39 is 0 Å². The van der Waals surface area contributed by atoms with Crippen LogP contribution >= 0.6 is 0 Å². The van der Waals surface area contributed by atoms with Crippen molar-refractivity contribution in [2.75, 3.05) is 0 Å². The lowest BCUT2D eigenvalue weighted by Gasteiger charge is -2.13. The fraction of sp³-hybridized carbons (Fsp3) is 0. The van der Waals surface area contributed by atoms with E-state index in [2.05, 4.69) is 0 Å². The first-order valence-corrected chi connectivity index (χ1v) is 9.06. The Kier molecular flexibility index (Phi) is 3.73. The van der Waals surface area contributed by atoms with Crippen molar-refractivity contribution in [3.05, 3.63) is 101 Å². The molecule has 0 amide bonds. The second-order valence-electron chi connectivity index (χ2n) is 6.68. The van der Waals surface area contributed by atoms with E-state index in [0.717, 1.165) is 16.3 Å². The zero-order valence-corrected chi connectivity index (χ0v) is 14.9. The number of rotatable bonds is 2. The van der Waals surface area contributed by atoms with Crippen molar-refractivity contribution in [2.24, 2.45) is 0 Å². The average molecular weight is 364 g/mol. The van der Waals surface area contributed by atoms with Crippen LogP contribution < -0.4 is 5.43 Å². The van der Waals surface area contributed by atoms with Gasteiger partial charge in [0, 0.05) is 0 Å². The number of hydrogen-bond acceptors (Lipinski definition) is 3. The van der Waals surface area contributed by atoms with E-state index >= 15 is 0 Å². The number of phenolic OH excluding ortho intramolecular Hbond substituents is 1. The number of para-hydroxylation sites is 2. The van der Waals surface area contributed by atoms with Crippen LogP contribution in [0.15, 0.2) is 100 Å². The minimum Gasteiger partial charge on any atom is -0.507 e. The van der Waals surface area contributed by atoms with E-state index in [0.29, 0.717) is 27.9 Å². The third-order valence-corrected chi connectivity index (χ3v) is 5.01. The van der Waals surface area contributed by atoms with Gasteiger partial charge in [0.15, 0.2) is 0 Å². The molecule has 5 aromatic rings. The third kappa shape index (κ3) is 2.48.